The van der Waals surface area contributed by atoms with E-state index in [2.05, 4.69) is 22.9 Å². The molecule has 1 rings (SSSR count). The molecule has 0 aliphatic rings. The monoisotopic (exact) mass is 345 g/mol. The second kappa shape index (κ2) is 9.21. The molecule has 0 amide bonds. The predicted octanol–water partition coefficient (Wildman–Crippen LogP) is 3.15. The number of halogens is 1. The van der Waals surface area contributed by atoms with Gasteiger partial charge in [0, 0.05) is 12.6 Å². The number of hydrogen-bond acceptors (Lipinski definition) is 4. The van der Waals surface area contributed by atoms with Gasteiger partial charge in [-0.2, -0.15) is 0 Å². The summed E-state index contributed by atoms with van der Waals surface area (Å²) in [7, 11) is 1.64. The van der Waals surface area contributed by atoms with Gasteiger partial charge in [0.05, 0.1) is 18.2 Å². The summed E-state index contributed by atoms with van der Waals surface area (Å²) >= 11 is 3.53. The normalized spacial score (nSPS) is 12.2. The van der Waals surface area contributed by atoms with Crippen molar-refractivity contribution in [3.8, 4) is 11.5 Å². The van der Waals surface area contributed by atoms with Crippen molar-refractivity contribution in [1.29, 1.82) is 0 Å². The van der Waals surface area contributed by atoms with Gasteiger partial charge in [0.1, 0.15) is 6.61 Å². The van der Waals surface area contributed by atoms with Crippen molar-refractivity contribution >= 4 is 15.9 Å². The molecule has 5 heteroatoms. The molecule has 114 valence electrons. The minimum Gasteiger partial charge on any atom is -0.493 e. The number of rotatable bonds is 9. The molecule has 0 aromatic heterocycles. The van der Waals surface area contributed by atoms with E-state index in [1.807, 2.05) is 19.1 Å². The Morgan fingerprint density at radius 1 is 1.25 bits per heavy atom. The molecule has 0 aliphatic carbocycles. The number of nitrogens with two attached hydrogens (primary N) is 1. The standard InChI is InChI=1S/C15H24BrNO3/c1-4-12(17)8-11-9-13(16)15(14(10-11)18-3)20-7-6-19-5-2/h9-10,12H,4-8,17H2,1-3H3. The number of benzene rings is 1. The van der Waals surface area contributed by atoms with Crippen molar-refractivity contribution in [2.75, 3.05) is 26.9 Å². The molecule has 0 heterocycles. The molecule has 0 aliphatic heterocycles. The number of hydrogen-bond donors (Lipinski definition) is 1. The average Bonchev–Trinajstić information content (AvgIpc) is 2.44. The molecule has 1 atom stereocenters. The third-order valence-electron chi connectivity index (χ3n) is 2.99. The molecule has 0 radical (unpaired) electrons. The largest absolute Gasteiger partial charge is 0.493 e. The van der Waals surface area contributed by atoms with Crippen molar-refractivity contribution in [2.45, 2.75) is 32.7 Å². The summed E-state index contributed by atoms with van der Waals surface area (Å²) in [5.41, 5.74) is 7.13. The summed E-state index contributed by atoms with van der Waals surface area (Å²) in [4.78, 5) is 0. The van der Waals surface area contributed by atoms with Crippen LogP contribution in [0, 0.1) is 0 Å². The van der Waals surface area contributed by atoms with Crippen LogP contribution in [0.3, 0.4) is 0 Å². The lowest BCUT2D eigenvalue weighted by Gasteiger charge is -2.16. The van der Waals surface area contributed by atoms with E-state index in [0.29, 0.717) is 31.3 Å². The Labute approximate surface area is 129 Å². The Kier molecular flexibility index (Phi) is 7.95. The van der Waals surface area contributed by atoms with Crippen LogP contribution in [-0.4, -0.2) is 33.0 Å². The van der Waals surface area contributed by atoms with Gasteiger partial charge < -0.3 is 19.9 Å². The molecule has 20 heavy (non-hydrogen) atoms. The van der Waals surface area contributed by atoms with E-state index >= 15 is 0 Å². The van der Waals surface area contributed by atoms with E-state index in [1.54, 1.807) is 7.11 Å². The van der Waals surface area contributed by atoms with E-state index < -0.39 is 0 Å². The maximum atomic E-state index is 5.99. The average molecular weight is 346 g/mol. The number of methoxy groups -OCH3 is 1. The van der Waals surface area contributed by atoms with Gasteiger partial charge in [-0.3, -0.25) is 0 Å². The van der Waals surface area contributed by atoms with Crippen LogP contribution in [0.25, 0.3) is 0 Å². The maximum absolute atomic E-state index is 5.99. The summed E-state index contributed by atoms with van der Waals surface area (Å²) in [6.45, 7) is 5.80. The molecule has 0 bridgehead atoms. The fraction of sp³-hybridized carbons (Fsp3) is 0.600. The van der Waals surface area contributed by atoms with Crippen LogP contribution < -0.4 is 15.2 Å². The Morgan fingerprint density at radius 2 is 2.00 bits per heavy atom. The first-order valence-corrected chi connectivity index (χ1v) is 7.74. The zero-order chi connectivity index (χ0) is 15.0. The highest BCUT2D eigenvalue weighted by Gasteiger charge is 2.13. The smallest absolute Gasteiger partial charge is 0.175 e. The molecule has 1 aromatic carbocycles. The van der Waals surface area contributed by atoms with Crippen LogP contribution in [0.5, 0.6) is 11.5 Å². The van der Waals surface area contributed by atoms with Gasteiger partial charge in [-0.25, -0.2) is 0 Å². The SMILES string of the molecule is CCOCCOc1c(Br)cc(CC(N)CC)cc1OC. The fourth-order valence-electron chi connectivity index (χ4n) is 1.83. The van der Waals surface area contributed by atoms with E-state index in [0.717, 1.165) is 22.9 Å². The molecule has 0 saturated carbocycles. The first kappa shape index (κ1) is 17.3. The van der Waals surface area contributed by atoms with Crippen molar-refractivity contribution in [3.05, 3.63) is 22.2 Å². The van der Waals surface area contributed by atoms with Gasteiger partial charge in [-0.15, -0.1) is 0 Å². The van der Waals surface area contributed by atoms with E-state index in [-0.39, 0.29) is 6.04 Å². The van der Waals surface area contributed by atoms with Crippen LogP contribution in [0.4, 0.5) is 0 Å². The highest BCUT2D eigenvalue weighted by atomic mass is 79.9. The molecule has 4 nitrogen and oxygen atoms in total. The molecular weight excluding hydrogens is 322 g/mol. The Morgan fingerprint density at radius 3 is 2.60 bits per heavy atom. The lowest BCUT2D eigenvalue weighted by atomic mass is 10.0. The van der Waals surface area contributed by atoms with Gasteiger partial charge in [-0.05, 0) is 53.4 Å². The topological polar surface area (TPSA) is 53.7 Å². The summed E-state index contributed by atoms with van der Waals surface area (Å²) in [6.07, 6.45) is 1.78. The maximum Gasteiger partial charge on any atom is 0.175 e. The van der Waals surface area contributed by atoms with Crippen LogP contribution in [0.15, 0.2) is 16.6 Å². The third kappa shape index (κ3) is 5.31. The van der Waals surface area contributed by atoms with Gasteiger partial charge in [-0.1, -0.05) is 6.92 Å². The van der Waals surface area contributed by atoms with Crippen molar-refractivity contribution in [3.63, 3.8) is 0 Å². The summed E-state index contributed by atoms with van der Waals surface area (Å²) in [5, 5.41) is 0. The van der Waals surface area contributed by atoms with Gasteiger partial charge in [0.2, 0.25) is 0 Å². The second-order valence-corrected chi connectivity index (χ2v) is 5.38. The third-order valence-corrected chi connectivity index (χ3v) is 3.58. The van der Waals surface area contributed by atoms with E-state index in [9.17, 15) is 0 Å². The van der Waals surface area contributed by atoms with Gasteiger partial charge in [0.25, 0.3) is 0 Å². The minimum absolute atomic E-state index is 0.163. The molecule has 1 unspecified atom stereocenters. The molecule has 0 fully saturated rings. The van der Waals surface area contributed by atoms with Crippen LogP contribution in [0.2, 0.25) is 0 Å². The van der Waals surface area contributed by atoms with E-state index in [4.69, 9.17) is 19.9 Å². The number of ether oxygens (including phenoxy) is 3. The molecule has 2 N–H and O–H groups in total. The zero-order valence-electron chi connectivity index (χ0n) is 12.4. The Bertz CT molecular complexity index is 412. The predicted molar refractivity (Wildman–Crippen MR) is 84.7 cm³/mol. The fourth-order valence-corrected chi connectivity index (χ4v) is 2.43. The van der Waals surface area contributed by atoms with Gasteiger partial charge in [0.15, 0.2) is 11.5 Å². The van der Waals surface area contributed by atoms with Crippen molar-refractivity contribution in [2.24, 2.45) is 5.73 Å². The van der Waals surface area contributed by atoms with E-state index in [1.165, 1.54) is 0 Å². The summed E-state index contributed by atoms with van der Waals surface area (Å²) in [6, 6.07) is 4.18. The van der Waals surface area contributed by atoms with Gasteiger partial charge >= 0.3 is 0 Å². The first-order chi connectivity index (χ1) is 9.62. The summed E-state index contributed by atoms with van der Waals surface area (Å²) < 4.78 is 17.3. The highest BCUT2D eigenvalue weighted by Crippen LogP contribution is 2.37. The quantitative estimate of drug-likeness (QED) is 0.698. The van der Waals surface area contributed by atoms with Crippen molar-refractivity contribution < 1.29 is 14.2 Å². The Hall–Kier alpha value is -0.780. The van der Waals surface area contributed by atoms with Crippen LogP contribution >= 0.6 is 15.9 Å². The van der Waals surface area contributed by atoms with Crippen LogP contribution in [0.1, 0.15) is 25.8 Å². The summed E-state index contributed by atoms with van der Waals surface area (Å²) in [5.74, 6) is 1.43. The molecule has 0 spiro atoms. The molecular formula is C15H24BrNO3. The Balaban J connectivity index is 2.79. The van der Waals surface area contributed by atoms with Crippen LogP contribution in [-0.2, 0) is 11.2 Å². The zero-order valence-corrected chi connectivity index (χ0v) is 14.0. The highest BCUT2D eigenvalue weighted by molar-refractivity contribution is 9.10. The molecule has 1 aromatic rings. The minimum atomic E-state index is 0.163. The molecule has 0 saturated heterocycles. The lowest BCUT2D eigenvalue weighted by Crippen LogP contribution is -2.21. The first-order valence-electron chi connectivity index (χ1n) is 6.94. The lowest BCUT2D eigenvalue weighted by molar-refractivity contribution is 0.108. The van der Waals surface area contributed by atoms with Crippen molar-refractivity contribution in [1.82, 2.24) is 0 Å². The second-order valence-electron chi connectivity index (χ2n) is 4.53.